The van der Waals surface area contributed by atoms with Gasteiger partial charge in [0.15, 0.2) is 0 Å². The summed E-state index contributed by atoms with van der Waals surface area (Å²) in [6, 6.07) is 0.820. The Labute approximate surface area is 145 Å². The standard InChI is InChI=1S/C15H23F3N4O2S/c16-15(17,18)25(23,24)20-7-2-1-3-8-21-10-12-5-4-6-14-19-9-13(11-21)22(12)14/h4-6,12-13,19-20H,1-3,7-11H2. The van der Waals surface area contributed by atoms with Crippen molar-refractivity contribution < 1.29 is 21.6 Å². The zero-order valence-corrected chi connectivity index (χ0v) is 14.6. The van der Waals surface area contributed by atoms with Crippen LogP contribution in [0.4, 0.5) is 13.2 Å². The molecule has 2 saturated heterocycles. The van der Waals surface area contributed by atoms with E-state index in [1.54, 1.807) is 4.72 Å². The predicted molar refractivity (Wildman–Crippen MR) is 87.9 cm³/mol. The lowest BCUT2D eigenvalue weighted by Gasteiger charge is -2.44. The average molecular weight is 380 g/mol. The third kappa shape index (κ3) is 4.12. The van der Waals surface area contributed by atoms with Gasteiger partial charge in [-0.3, -0.25) is 4.90 Å². The number of nitrogens with zero attached hydrogens (tertiary/aromatic N) is 2. The van der Waals surface area contributed by atoms with E-state index in [2.05, 4.69) is 33.3 Å². The fourth-order valence-corrected chi connectivity index (χ4v) is 4.19. The Morgan fingerprint density at radius 3 is 2.80 bits per heavy atom. The minimum absolute atomic E-state index is 0.179. The van der Waals surface area contributed by atoms with Gasteiger partial charge in [-0.1, -0.05) is 18.6 Å². The molecule has 0 saturated carbocycles. The molecular weight excluding hydrogens is 357 g/mol. The second kappa shape index (κ2) is 7.16. The first-order valence-electron chi connectivity index (χ1n) is 8.47. The number of hydrogen-bond donors (Lipinski definition) is 2. The fourth-order valence-electron chi connectivity index (χ4n) is 3.62. The Bertz CT molecular complexity index is 648. The number of piperazine rings is 1. The van der Waals surface area contributed by atoms with E-state index in [1.165, 1.54) is 5.82 Å². The molecule has 0 amide bonds. The highest BCUT2D eigenvalue weighted by atomic mass is 32.2. The monoisotopic (exact) mass is 380 g/mol. The molecule has 6 nitrogen and oxygen atoms in total. The lowest BCUT2D eigenvalue weighted by molar-refractivity contribution is -0.0447. The maximum atomic E-state index is 12.2. The lowest BCUT2D eigenvalue weighted by Crippen LogP contribution is -2.56. The van der Waals surface area contributed by atoms with Gasteiger partial charge >= 0.3 is 15.5 Å². The molecule has 0 aromatic heterocycles. The van der Waals surface area contributed by atoms with E-state index in [9.17, 15) is 21.6 Å². The summed E-state index contributed by atoms with van der Waals surface area (Å²) in [5, 5.41) is 3.41. The number of halogens is 3. The minimum Gasteiger partial charge on any atom is -0.370 e. The van der Waals surface area contributed by atoms with E-state index < -0.39 is 15.5 Å². The Morgan fingerprint density at radius 1 is 1.24 bits per heavy atom. The van der Waals surface area contributed by atoms with Crippen LogP contribution in [0.15, 0.2) is 24.0 Å². The first-order valence-corrected chi connectivity index (χ1v) is 9.95. The van der Waals surface area contributed by atoms with Crippen molar-refractivity contribution in [2.45, 2.75) is 36.9 Å². The molecule has 2 unspecified atom stereocenters. The third-order valence-electron chi connectivity index (χ3n) is 4.80. The van der Waals surface area contributed by atoms with Crippen LogP contribution in [0.5, 0.6) is 0 Å². The largest absolute Gasteiger partial charge is 0.511 e. The van der Waals surface area contributed by atoms with Crippen molar-refractivity contribution in [3.05, 3.63) is 24.0 Å². The summed E-state index contributed by atoms with van der Waals surface area (Å²) in [5.74, 6) is 1.19. The molecule has 0 bridgehead atoms. The van der Waals surface area contributed by atoms with Crippen molar-refractivity contribution in [1.82, 2.24) is 19.8 Å². The van der Waals surface area contributed by atoms with Gasteiger partial charge in [0.2, 0.25) is 0 Å². The molecule has 10 heteroatoms. The number of alkyl halides is 3. The van der Waals surface area contributed by atoms with E-state index >= 15 is 0 Å². The second-order valence-electron chi connectivity index (χ2n) is 6.61. The molecule has 0 radical (unpaired) electrons. The van der Waals surface area contributed by atoms with Crippen LogP contribution in [0.25, 0.3) is 0 Å². The summed E-state index contributed by atoms with van der Waals surface area (Å²) in [7, 11) is -5.21. The summed E-state index contributed by atoms with van der Waals surface area (Å²) < 4.78 is 59.9. The maximum Gasteiger partial charge on any atom is 0.511 e. The fraction of sp³-hybridized carbons (Fsp3) is 0.733. The SMILES string of the molecule is O=S(=O)(NCCCCCN1CC2C=CC=C3NCC(C1)N32)C(F)(F)F. The smallest absolute Gasteiger partial charge is 0.370 e. The van der Waals surface area contributed by atoms with Crippen LogP contribution < -0.4 is 10.0 Å². The van der Waals surface area contributed by atoms with Gasteiger partial charge in [0.25, 0.3) is 0 Å². The molecule has 25 heavy (non-hydrogen) atoms. The van der Waals surface area contributed by atoms with Crippen molar-refractivity contribution in [2.75, 3.05) is 32.7 Å². The number of allylic oxidation sites excluding steroid dienone is 2. The summed E-state index contributed by atoms with van der Waals surface area (Å²) in [6.07, 6.45) is 8.29. The Balaban J connectivity index is 1.35. The van der Waals surface area contributed by atoms with Crippen LogP contribution >= 0.6 is 0 Å². The van der Waals surface area contributed by atoms with Crippen molar-refractivity contribution in [3.63, 3.8) is 0 Å². The van der Waals surface area contributed by atoms with Gasteiger partial charge in [-0.15, -0.1) is 0 Å². The van der Waals surface area contributed by atoms with Gasteiger partial charge in [0.05, 0.1) is 12.1 Å². The quantitative estimate of drug-likeness (QED) is 0.645. The van der Waals surface area contributed by atoms with Crippen molar-refractivity contribution in [2.24, 2.45) is 0 Å². The maximum absolute atomic E-state index is 12.2. The highest BCUT2D eigenvalue weighted by Crippen LogP contribution is 2.28. The van der Waals surface area contributed by atoms with Gasteiger partial charge < -0.3 is 10.2 Å². The molecule has 0 spiro atoms. The zero-order chi connectivity index (χ0) is 18.1. The Morgan fingerprint density at radius 2 is 2.04 bits per heavy atom. The topological polar surface area (TPSA) is 64.7 Å². The van der Waals surface area contributed by atoms with Gasteiger partial charge in [-0.2, -0.15) is 13.2 Å². The first kappa shape index (κ1) is 18.5. The number of nitrogens with one attached hydrogen (secondary N) is 2. The van der Waals surface area contributed by atoms with Gasteiger partial charge in [-0.25, -0.2) is 13.1 Å². The molecule has 0 aliphatic carbocycles. The molecule has 3 aliphatic rings. The zero-order valence-electron chi connectivity index (χ0n) is 13.8. The van der Waals surface area contributed by atoms with E-state index in [0.29, 0.717) is 24.9 Å². The van der Waals surface area contributed by atoms with Crippen LogP contribution in [-0.4, -0.2) is 68.5 Å². The summed E-state index contributed by atoms with van der Waals surface area (Å²) in [5.41, 5.74) is -5.23. The number of sulfonamides is 1. The van der Waals surface area contributed by atoms with Crippen LogP contribution in [0, 0.1) is 0 Å². The highest BCUT2D eigenvalue weighted by molar-refractivity contribution is 7.90. The molecule has 3 rings (SSSR count). The molecule has 3 aliphatic heterocycles. The molecule has 0 aromatic rings. The summed E-state index contributed by atoms with van der Waals surface area (Å²) >= 11 is 0. The van der Waals surface area contributed by atoms with Gasteiger partial charge in [0, 0.05) is 26.2 Å². The summed E-state index contributed by atoms with van der Waals surface area (Å²) in [4.78, 5) is 4.80. The third-order valence-corrected chi connectivity index (χ3v) is 5.99. The first-order chi connectivity index (χ1) is 11.8. The highest BCUT2D eigenvalue weighted by Gasteiger charge is 2.45. The van der Waals surface area contributed by atoms with Crippen LogP contribution in [-0.2, 0) is 10.0 Å². The van der Waals surface area contributed by atoms with E-state index in [-0.39, 0.29) is 6.54 Å². The van der Waals surface area contributed by atoms with E-state index in [0.717, 1.165) is 32.6 Å². The van der Waals surface area contributed by atoms with Crippen LogP contribution in [0.3, 0.4) is 0 Å². The number of unbranched alkanes of at least 4 members (excludes halogenated alkanes) is 2. The molecule has 2 N–H and O–H groups in total. The van der Waals surface area contributed by atoms with E-state index in [4.69, 9.17) is 0 Å². The Kier molecular flexibility index (Phi) is 5.31. The molecule has 142 valence electrons. The second-order valence-corrected chi connectivity index (χ2v) is 8.37. The van der Waals surface area contributed by atoms with Gasteiger partial charge in [-0.05, 0) is 25.5 Å². The predicted octanol–water partition coefficient (Wildman–Crippen LogP) is 0.965. The molecule has 3 heterocycles. The minimum atomic E-state index is -5.23. The van der Waals surface area contributed by atoms with E-state index in [1.807, 2.05) is 0 Å². The number of rotatable bonds is 7. The van der Waals surface area contributed by atoms with Crippen molar-refractivity contribution in [3.8, 4) is 0 Å². The van der Waals surface area contributed by atoms with Crippen LogP contribution in [0.1, 0.15) is 19.3 Å². The lowest BCUT2D eigenvalue weighted by atomic mass is 10.0. The molecule has 2 fully saturated rings. The molecular formula is C15H23F3N4O2S. The van der Waals surface area contributed by atoms with Crippen LogP contribution in [0.2, 0.25) is 0 Å². The van der Waals surface area contributed by atoms with Gasteiger partial charge in [0.1, 0.15) is 5.82 Å². The normalized spacial score (nSPS) is 26.4. The van der Waals surface area contributed by atoms with Crippen molar-refractivity contribution in [1.29, 1.82) is 0 Å². The molecule has 2 atom stereocenters. The average Bonchev–Trinajstić information content (AvgIpc) is 2.94. The Hall–Kier alpha value is -1.26. The molecule has 0 aromatic carbocycles. The summed E-state index contributed by atoms with van der Waals surface area (Å²) in [6.45, 7) is 3.53. The van der Waals surface area contributed by atoms with Crippen molar-refractivity contribution >= 4 is 10.0 Å². The number of hydrogen-bond acceptors (Lipinski definition) is 5.